The molecule has 0 aliphatic rings. The average Bonchev–Trinajstić information content (AvgIpc) is 2.68. The van der Waals surface area contributed by atoms with E-state index >= 15 is 0 Å². The van der Waals surface area contributed by atoms with Crippen LogP contribution in [0.5, 0.6) is 0 Å². The van der Waals surface area contributed by atoms with E-state index in [1.807, 2.05) is 24.3 Å². The van der Waals surface area contributed by atoms with Gasteiger partial charge in [-0.15, -0.1) is 0 Å². The fraction of sp³-hybridized carbons (Fsp3) is 0.167. The van der Waals surface area contributed by atoms with E-state index in [4.69, 9.17) is 9.97 Å². The third kappa shape index (κ3) is 3.67. The first-order valence-electron chi connectivity index (χ1n) is 9.45. The van der Waals surface area contributed by atoms with E-state index in [9.17, 15) is 0 Å². The number of para-hydroxylation sites is 2. The molecule has 0 aliphatic heterocycles. The first kappa shape index (κ1) is 18.0. The first-order chi connectivity index (χ1) is 13.5. The summed E-state index contributed by atoms with van der Waals surface area (Å²) in [6, 6.07) is 20.7. The zero-order valence-corrected chi connectivity index (χ0v) is 16.7. The van der Waals surface area contributed by atoms with Gasteiger partial charge in [0.05, 0.1) is 11.0 Å². The minimum absolute atomic E-state index is 0.716. The Bertz CT molecular complexity index is 1070. The van der Waals surface area contributed by atoms with Crippen molar-refractivity contribution < 1.29 is 0 Å². The molecule has 0 spiro atoms. The second kappa shape index (κ2) is 7.31. The Kier molecular flexibility index (Phi) is 4.70. The Morgan fingerprint density at radius 1 is 0.571 bits per heavy atom. The van der Waals surface area contributed by atoms with Crippen molar-refractivity contribution in [3.05, 3.63) is 82.9 Å². The van der Waals surface area contributed by atoms with Crippen molar-refractivity contribution in [1.82, 2.24) is 9.97 Å². The maximum atomic E-state index is 4.85. The van der Waals surface area contributed by atoms with Gasteiger partial charge >= 0.3 is 0 Å². The molecule has 0 aliphatic carbocycles. The summed E-state index contributed by atoms with van der Waals surface area (Å²) in [4.78, 5) is 9.71. The summed E-state index contributed by atoms with van der Waals surface area (Å²) >= 11 is 0. The largest absolute Gasteiger partial charge is 0.337 e. The van der Waals surface area contributed by atoms with E-state index in [1.165, 1.54) is 22.3 Å². The number of anilines is 4. The number of nitrogens with one attached hydrogen (secondary N) is 2. The normalized spacial score (nSPS) is 10.9. The molecular formula is C24H24N4. The van der Waals surface area contributed by atoms with Gasteiger partial charge in [-0.1, -0.05) is 36.4 Å². The summed E-state index contributed by atoms with van der Waals surface area (Å²) in [7, 11) is 0. The van der Waals surface area contributed by atoms with Crippen LogP contribution in [-0.4, -0.2) is 9.97 Å². The van der Waals surface area contributed by atoms with E-state index in [2.05, 4.69) is 74.7 Å². The Morgan fingerprint density at radius 2 is 1.00 bits per heavy atom. The molecule has 4 nitrogen and oxygen atoms in total. The fourth-order valence-electron chi connectivity index (χ4n) is 3.17. The monoisotopic (exact) mass is 368 g/mol. The van der Waals surface area contributed by atoms with Crippen molar-refractivity contribution in [2.45, 2.75) is 27.7 Å². The smallest absolute Gasteiger partial charge is 0.174 e. The van der Waals surface area contributed by atoms with Crippen LogP contribution in [0.1, 0.15) is 22.3 Å². The molecule has 1 aromatic heterocycles. The highest BCUT2D eigenvalue weighted by Crippen LogP contribution is 2.30. The van der Waals surface area contributed by atoms with Crippen molar-refractivity contribution in [3.8, 4) is 0 Å². The van der Waals surface area contributed by atoms with Crippen LogP contribution in [0.3, 0.4) is 0 Å². The van der Waals surface area contributed by atoms with Gasteiger partial charge in [-0.25, -0.2) is 9.97 Å². The number of benzene rings is 3. The van der Waals surface area contributed by atoms with Gasteiger partial charge in [-0.05, 0) is 74.2 Å². The lowest BCUT2D eigenvalue weighted by atomic mass is 10.1. The number of fused-ring (bicyclic) bond motifs is 1. The number of hydrogen-bond acceptors (Lipinski definition) is 4. The Hall–Kier alpha value is -3.40. The van der Waals surface area contributed by atoms with Gasteiger partial charge in [0.2, 0.25) is 0 Å². The van der Waals surface area contributed by atoms with Gasteiger partial charge in [0.15, 0.2) is 11.6 Å². The van der Waals surface area contributed by atoms with Crippen LogP contribution in [0.4, 0.5) is 23.0 Å². The fourth-order valence-corrected chi connectivity index (χ4v) is 3.17. The predicted octanol–water partition coefficient (Wildman–Crippen LogP) is 6.35. The zero-order chi connectivity index (χ0) is 19.7. The van der Waals surface area contributed by atoms with Crippen molar-refractivity contribution in [1.29, 1.82) is 0 Å². The van der Waals surface area contributed by atoms with Crippen LogP contribution in [0.2, 0.25) is 0 Å². The first-order valence-corrected chi connectivity index (χ1v) is 9.45. The molecule has 4 aromatic rings. The van der Waals surface area contributed by atoms with Crippen LogP contribution in [-0.2, 0) is 0 Å². The molecule has 0 bridgehead atoms. The SMILES string of the molecule is Cc1ccc(C)c(Nc2nc3ccccc3nc2Nc2cc(C)ccc2C)c1. The summed E-state index contributed by atoms with van der Waals surface area (Å²) in [5.74, 6) is 1.43. The number of hydrogen-bond donors (Lipinski definition) is 2. The molecule has 0 saturated heterocycles. The molecule has 0 amide bonds. The molecule has 0 fully saturated rings. The Morgan fingerprint density at radius 3 is 1.43 bits per heavy atom. The van der Waals surface area contributed by atoms with Gasteiger partial charge in [-0.2, -0.15) is 0 Å². The van der Waals surface area contributed by atoms with E-state index in [0.717, 1.165) is 22.4 Å². The number of aromatic nitrogens is 2. The van der Waals surface area contributed by atoms with E-state index in [0.29, 0.717) is 11.6 Å². The van der Waals surface area contributed by atoms with Crippen LogP contribution >= 0.6 is 0 Å². The van der Waals surface area contributed by atoms with Gasteiger partial charge in [-0.3, -0.25) is 0 Å². The van der Waals surface area contributed by atoms with Gasteiger partial charge in [0, 0.05) is 11.4 Å². The quantitative estimate of drug-likeness (QED) is 0.440. The standard InChI is InChI=1S/C24H24N4/c1-15-9-11-17(3)21(13-15)27-23-24(26-20-8-6-5-7-19(20)25-23)28-22-14-16(2)10-12-18(22)4/h5-14H,1-4H3,(H,25,27)(H,26,28). The average molecular weight is 368 g/mol. The third-order valence-electron chi connectivity index (χ3n) is 4.86. The minimum Gasteiger partial charge on any atom is -0.337 e. The predicted molar refractivity (Wildman–Crippen MR) is 118 cm³/mol. The molecular weight excluding hydrogens is 344 g/mol. The number of aryl methyl sites for hydroxylation is 4. The molecule has 4 rings (SSSR count). The molecule has 140 valence electrons. The molecule has 0 atom stereocenters. The van der Waals surface area contributed by atoms with E-state index < -0.39 is 0 Å². The summed E-state index contributed by atoms with van der Waals surface area (Å²) in [5.41, 5.74) is 8.53. The zero-order valence-electron chi connectivity index (χ0n) is 16.7. The van der Waals surface area contributed by atoms with Crippen molar-refractivity contribution in [2.75, 3.05) is 10.6 Å². The lowest BCUT2D eigenvalue weighted by molar-refractivity contribution is 1.25. The van der Waals surface area contributed by atoms with Crippen LogP contribution in [0.15, 0.2) is 60.7 Å². The topological polar surface area (TPSA) is 49.8 Å². The molecule has 0 radical (unpaired) electrons. The summed E-state index contributed by atoms with van der Waals surface area (Å²) in [6.07, 6.45) is 0. The summed E-state index contributed by atoms with van der Waals surface area (Å²) in [5, 5.41) is 6.98. The second-order valence-corrected chi connectivity index (χ2v) is 7.30. The van der Waals surface area contributed by atoms with Crippen LogP contribution in [0.25, 0.3) is 11.0 Å². The highest BCUT2D eigenvalue weighted by Gasteiger charge is 2.12. The maximum Gasteiger partial charge on any atom is 0.174 e. The van der Waals surface area contributed by atoms with Crippen LogP contribution < -0.4 is 10.6 Å². The summed E-state index contributed by atoms with van der Waals surface area (Å²) in [6.45, 7) is 8.36. The highest BCUT2D eigenvalue weighted by molar-refractivity contribution is 5.84. The Balaban J connectivity index is 1.82. The Labute approximate surface area is 165 Å². The minimum atomic E-state index is 0.716. The van der Waals surface area contributed by atoms with Crippen molar-refractivity contribution >= 4 is 34.0 Å². The van der Waals surface area contributed by atoms with Crippen LogP contribution in [0, 0.1) is 27.7 Å². The second-order valence-electron chi connectivity index (χ2n) is 7.30. The molecule has 1 heterocycles. The van der Waals surface area contributed by atoms with Gasteiger partial charge in [0.25, 0.3) is 0 Å². The molecule has 4 heteroatoms. The lowest BCUT2D eigenvalue weighted by Gasteiger charge is -2.16. The van der Waals surface area contributed by atoms with Gasteiger partial charge in [0.1, 0.15) is 0 Å². The van der Waals surface area contributed by atoms with Crippen molar-refractivity contribution in [3.63, 3.8) is 0 Å². The van der Waals surface area contributed by atoms with E-state index in [1.54, 1.807) is 0 Å². The molecule has 28 heavy (non-hydrogen) atoms. The molecule has 2 N–H and O–H groups in total. The lowest BCUT2D eigenvalue weighted by Crippen LogP contribution is -2.05. The highest BCUT2D eigenvalue weighted by atomic mass is 15.1. The maximum absolute atomic E-state index is 4.85. The third-order valence-corrected chi connectivity index (χ3v) is 4.86. The molecule has 0 saturated carbocycles. The number of nitrogens with zero attached hydrogens (tertiary/aromatic N) is 2. The molecule has 3 aromatic carbocycles. The molecule has 0 unspecified atom stereocenters. The van der Waals surface area contributed by atoms with Crippen molar-refractivity contribution in [2.24, 2.45) is 0 Å². The van der Waals surface area contributed by atoms with Gasteiger partial charge < -0.3 is 10.6 Å². The number of rotatable bonds is 4. The summed E-state index contributed by atoms with van der Waals surface area (Å²) < 4.78 is 0. The van der Waals surface area contributed by atoms with E-state index in [-0.39, 0.29) is 0 Å².